The van der Waals surface area contributed by atoms with Crippen molar-refractivity contribution in [1.29, 1.82) is 0 Å². The van der Waals surface area contributed by atoms with E-state index < -0.39 is 0 Å². The van der Waals surface area contributed by atoms with E-state index in [1.165, 1.54) is 16.0 Å². The molecular formula is C13H18O2S. The minimum Gasteiger partial charge on any atom is -0.465 e. The zero-order chi connectivity index (χ0) is 12.1. The quantitative estimate of drug-likeness (QED) is 0.594. The molecule has 1 aromatic carbocycles. The van der Waals surface area contributed by atoms with Crippen molar-refractivity contribution in [3.8, 4) is 0 Å². The molecule has 1 atom stereocenters. The number of hydrogen-bond donors (Lipinski definition) is 0. The first-order chi connectivity index (χ1) is 7.56. The van der Waals surface area contributed by atoms with E-state index in [1.807, 2.05) is 19.9 Å². The molecule has 0 saturated heterocycles. The lowest BCUT2D eigenvalue weighted by Gasteiger charge is -2.13. The van der Waals surface area contributed by atoms with Gasteiger partial charge in [-0.15, -0.1) is 11.8 Å². The maximum atomic E-state index is 11.5. The second-order valence-electron chi connectivity index (χ2n) is 3.73. The smallest absolute Gasteiger partial charge is 0.319 e. The number of hydrogen-bond acceptors (Lipinski definition) is 3. The average Bonchev–Trinajstić information content (AvgIpc) is 2.23. The van der Waals surface area contributed by atoms with Crippen LogP contribution in [0.1, 0.15) is 25.0 Å². The summed E-state index contributed by atoms with van der Waals surface area (Å²) >= 11 is 1.57. The number of carbonyl (C=O) groups excluding carboxylic acids is 1. The number of thioether (sulfide) groups is 1. The predicted molar refractivity (Wildman–Crippen MR) is 67.9 cm³/mol. The van der Waals surface area contributed by atoms with Gasteiger partial charge in [0.05, 0.1) is 6.61 Å². The molecule has 0 bridgehead atoms. The van der Waals surface area contributed by atoms with Gasteiger partial charge in [0, 0.05) is 4.90 Å². The first-order valence-corrected chi connectivity index (χ1v) is 6.33. The first-order valence-electron chi connectivity index (χ1n) is 5.45. The van der Waals surface area contributed by atoms with Gasteiger partial charge in [-0.1, -0.05) is 18.2 Å². The Balaban J connectivity index is 2.76. The molecule has 0 N–H and O–H groups in total. The molecule has 2 nitrogen and oxygen atoms in total. The topological polar surface area (TPSA) is 26.3 Å². The van der Waals surface area contributed by atoms with Gasteiger partial charge in [-0.3, -0.25) is 4.79 Å². The fourth-order valence-electron chi connectivity index (χ4n) is 1.47. The summed E-state index contributed by atoms with van der Waals surface area (Å²) < 4.78 is 5.00. The normalized spacial score (nSPS) is 12.2. The van der Waals surface area contributed by atoms with Crippen molar-refractivity contribution in [3.63, 3.8) is 0 Å². The van der Waals surface area contributed by atoms with Crippen LogP contribution >= 0.6 is 11.8 Å². The number of esters is 1. The third-order valence-electron chi connectivity index (χ3n) is 2.32. The lowest BCUT2D eigenvalue weighted by molar-refractivity contribution is -0.142. The second-order valence-corrected chi connectivity index (χ2v) is 5.08. The lowest BCUT2D eigenvalue weighted by Crippen LogP contribution is -2.16. The van der Waals surface area contributed by atoms with Crippen molar-refractivity contribution in [2.24, 2.45) is 0 Å². The molecule has 0 spiro atoms. The molecule has 0 saturated carbocycles. The van der Waals surface area contributed by atoms with Gasteiger partial charge in [-0.05, 0) is 38.8 Å². The van der Waals surface area contributed by atoms with Crippen molar-refractivity contribution in [2.45, 2.75) is 37.8 Å². The Bertz CT molecular complexity index is 354. The summed E-state index contributed by atoms with van der Waals surface area (Å²) in [5.41, 5.74) is 2.42. The molecule has 0 aliphatic rings. The van der Waals surface area contributed by atoms with Crippen LogP contribution in [-0.2, 0) is 9.53 Å². The molecule has 0 heterocycles. The largest absolute Gasteiger partial charge is 0.465 e. The predicted octanol–water partition coefficient (Wildman–Crippen LogP) is 3.35. The van der Waals surface area contributed by atoms with Crippen molar-refractivity contribution in [2.75, 3.05) is 6.61 Å². The Labute approximate surface area is 101 Å². The standard InChI is InChI=1S/C13H18O2S/c1-5-15-13(14)11(4)16-12-9(2)7-6-8-10(12)3/h6-8,11H,5H2,1-4H3/t11-/m1/s1. The third kappa shape index (κ3) is 3.27. The summed E-state index contributed by atoms with van der Waals surface area (Å²) in [5.74, 6) is -0.143. The highest BCUT2D eigenvalue weighted by Crippen LogP contribution is 2.30. The Morgan fingerprint density at radius 1 is 1.38 bits per heavy atom. The van der Waals surface area contributed by atoms with Crippen molar-refractivity contribution >= 4 is 17.7 Å². The number of carbonyl (C=O) groups is 1. The minimum absolute atomic E-state index is 0.143. The summed E-state index contributed by atoms with van der Waals surface area (Å²) in [4.78, 5) is 12.7. The molecule has 88 valence electrons. The van der Waals surface area contributed by atoms with Crippen molar-refractivity contribution < 1.29 is 9.53 Å². The van der Waals surface area contributed by atoms with E-state index in [0.717, 1.165) is 0 Å². The number of ether oxygens (including phenoxy) is 1. The van der Waals surface area contributed by atoms with Crippen LogP contribution in [0, 0.1) is 13.8 Å². The average molecular weight is 238 g/mol. The van der Waals surface area contributed by atoms with Crippen molar-refractivity contribution in [1.82, 2.24) is 0 Å². The van der Waals surface area contributed by atoms with Crippen LogP contribution in [0.2, 0.25) is 0 Å². The van der Waals surface area contributed by atoms with Gasteiger partial charge in [0.25, 0.3) is 0 Å². The fourth-order valence-corrected chi connectivity index (χ4v) is 2.50. The number of aryl methyl sites for hydroxylation is 2. The van der Waals surface area contributed by atoms with E-state index in [0.29, 0.717) is 6.61 Å². The van der Waals surface area contributed by atoms with E-state index in [9.17, 15) is 4.79 Å². The first kappa shape index (κ1) is 13.1. The summed E-state index contributed by atoms with van der Waals surface area (Å²) in [6, 6.07) is 6.16. The van der Waals surface area contributed by atoms with Gasteiger partial charge in [-0.2, -0.15) is 0 Å². The molecule has 16 heavy (non-hydrogen) atoms. The Hall–Kier alpha value is -0.960. The van der Waals surface area contributed by atoms with E-state index in [1.54, 1.807) is 11.8 Å². The van der Waals surface area contributed by atoms with Crippen LogP contribution in [0.3, 0.4) is 0 Å². The summed E-state index contributed by atoms with van der Waals surface area (Å²) in [6.07, 6.45) is 0. The number of rotatable bonds is 4. The molecule has 0 radical (unpaired) electrons. The third-order valence-corrected chi connectivity index (χ3v) is 3.75. The van der Waals surface area contributed by atoms with Gasteiger partial charge in [0.2, 0.25) is 0 Å². The highest BCUT2D eigenvalue weighted by molar-refractivity contribution is 8.00. The zero-order valence-corrected chi connectivity index (χ0v) is 11.1. The minimum atomic E-state index is -0.153. The van der Waals surface area contributed by atoms with Crippen LogP contribution < -0.4 is 0 Å². The molecule has 0 aliphatic carbocycles. The fraction of sp³-hybridized carbons (Fsp3) is 0.462. The molecule has 1 rings (SSSR count). The monoisotopic (exact) mass is 238 g/mol. The molecule has 0 aromatic heterocycles. The second kappa shape index (κ2) is 5.94. The Kier molecular flexibility index (Phi) is 4.87. The van der Waals surface area contributed by atoms with Gasteiger partial charge in [-0.25, -0.2) is 0 Å². The van der Waals surface area contributed by atoms with Crippen LogP contribution in [0.15, 0.2) is 23.1 Å². The molecule has 0 aliphatic heterocycles. The van der Waals surface area contributed by atoms with Crippen molar-refractivity contribution in [3.05, 3.63) is 29.3 Å². The summed E-state index contributed by atoms with van der Waals surface area (Å²) in [6.45, 7) is 8.28. The van der Waals surface area contributed by atoms with Gasteiger partial charge in [0.1, 0.15) is 5.25 Å². The maximum absolute atomic E-state index is 11.5. The molecule has 0 fully saturated rings. The van der Waals surface area contributed by atoms with Gasteiger partial charge < -0.3 is 4.74 Å². The van der Waals surface area contributed by atoms with Crippen LogP contribution in [0.5, 0.6) is 0 Å². The van der Waals surface area contributed by atoms with E-state index in [2.05, 4.69) is 26.0 Å². The summed E-state index contributed by atoms with van der Waals surface area (Å²) in [5, 5.41) is -0.153. The van der Waals surface area contributed by atoms with E-state index in [4.69, 9.17) is 4.74 Å². The summed E-state index contributed by atoms with van der Waals surface area (Å²) in [7, 11) is 0. The van der Waals surface area contributed by atoms with Crippen LogP contribution in [0.25, 0.3) is 0 Å². The lowest BCUT2D eigenvalue weighted by atomic mass is 10.2. The zero-order valence-electron chi connectivity index (χ0n) is 10.2. The molecule has 1 aromatic rings. The molecule has 0 unspecified atom stereocenters. The Morgan fingerprint density at radius 3 is 2.44 bits per heavy atom. The number of benzene rings is 1. The Morgan fingerprint density at radius 2 is 1.94 bits per heavy atom. The highest BCUT2D eigenvalue weighted by Gasteiger charge is 2.17. The SMILES string of the molecule is CCOC(=O)[C@@H](C)Sc1c(C)cccc1C. The van der Waals surface area contributed by atoms with Crippen LogP contribution in [0.4, 0.5) is 0 Å². The molecule has 0 amide bonds. The highest BCUT2D eigenvalue weighted by atomic mass is 32.2. The van der Waals surface area contributed by atoms with E-state index >= 15 is 0 Å². The maximum Gasteiger partial charge on any atom is 0.319 e. The van der Waals surface area contributed by atoms with E-state index in [-0.39, 0.29) is 11.2 Å². The molecule has 3 heteroatoms. The van der Waals surface area contributed by atoms with Crippen LogP contribution in [-0.4, -0.2) is 17.8 Å². The van der Waals surface area contributed by atoms with Gasteiger partial charge >= 0.3 is 5.97 Å². The van der Waals surface area contributed by atoms with Gasteiger partial charge in [0.15, 0.2) is 0 Å². The molecular weight excluding hydrogens is 220 g/mol.